The minimum atomic E-state index is -3.64. The number of hydrogen-bond acceptors (Lipinski definition) is 5. The monoisotopic (exact) mass is 370 g/mol. The van der Waals surface area contributed by atoms with E-state index >= 15 is 0 Å². The first-order valence-corrected chi connectivity index (χ1v) is 9.88. The molecule has 1 heterocycles. The summed E-state index contributed by atoms with van der Waals surface area (Å²) in [5.74, 6) is 0.944. The second-order valence-corrected chi connectivity index (χ2v) is 7.84. The molecular formula is C17H26N2O5S. The minimum absolute atomic E-state index is 0.0906. The van der Waals surface area contributed by atoms with Crippen molar-refractivity contribution in [3.63, 3.8) is 0 Å². The number of ether oxygens (including phenoxy) is 2. The first-order chi connectivity index (χ1) is 11.9. The lowest BCUT2D eigenvalue weighted by Crippen LogP contribution is -2.37. The molecule has 2 rings (SSSR count). The summed E-state index contributed by atoms with van der Waals surface area (Å²) in [5.41, 5.74) is 0. The summed E-state index contributed by atoms with van der Waals surface area (Å²) in [5, 5.41) is 0. The topological polar surface area (TPSA) is 76.2 Å². The number of sulfonamides is 1. The van der Waals surface area contributed by atoms with Crippen LogP contribution < -0.4 is 9.47 Å². The molecule has 1 aromatic carbocycles. The van der Waals surface area contributed by atoms with Gasteiger partial charge < -0.3 is 14.4 Å². The normalized spacial score (nSPS) is 16.4. The molecule has 1 saturated heterocycles. The van der Waals surface area contributed by atoms with Gasteiger partial charge in [-0.2, -0.15) is 4.31 Å². The molecule has 1 aromatic rings. The van der Waals surface area contributed by atoms with Crippen molar-refractivity contribution in [3.8, 4) is 11.5 Å². The van der Waals surface area contributed by atoms with Gasteiger partial charge in [0.1, 0.15) is 0 Å². The van der Waals surface area contributed by atoms with Crippen LogP contribution in [0, 0.1) is 0 Å². The lowest BCUT2D eigenvalue weighted by Gasteiger charge is -2.22. The van der Waals surface area contributed by atoms with Crippen LogP contribution in [0.2, 0.25) is 0 Å². The fraction of sp³-hybridized carbons (Fsp3) is 0.588. The van der Waals surface area contributed by atoms with Crippen LogP contribution in [0.3, 0.4) is 0 Å². The molecule has 1 aliphatic heterocycles. The molecule has 0 radical (unpaired) electrons. The third kappa shape index (κ3) is 4.43. The van der Waals surface area contributed by atoms with E-state index in [2.05, 4.69) is 0 Å². The van der Waals surface area contributed by atoms with Gasteiger partial charge in [0.25, 0.3) is 0 Å². The van der Waals surface area contributed by atoms with Crippen molar-refractivity contribution >= 4 is 15.9 Å². The molecule has 25 heavy (non-hydrogen) atoms. The summed E-state index contributed by atoms with van der Waals surface area (Å²) >= 11 is 0. The number of hydrogen-bond donors (Lipinski definition) is 0. The van der Waals surface area contributed by atoms with Gasteiger partial charge in [-0.25, -0.2) is 8.42 Å². The van der Waals surface area contributed by atoms with Gasteiger partial charge in [0.2, 0.25) is 15.9 Å². The number of nitrogens with zero attached hydrogens (tertiary/aromatic N) is 2. The average molecular weight is 370 g/mol. The molecule has 0 spiro atoms. The van der Waals surface area contributed by atoms with Crippen LogP contribution in [0.15, 0.2) is 23.1 Å². The predicted molar refractivity (Wildman–Crippen MR) is 94.4 cm³/mol. The van der Waals surface area contributed by atoms with E-state index in [1.54, 1.807) is 11.0 Å². The average Bonchev–Trinajstić information content (AvgIpc) is 2.88. The second kappa shape index (κ2) is 8.53. The Balaban J connectivity index is 2.18. The van der Waals surface area contributed by atoms with Crippen LogP contribution in [-0.2, 0) is 14.8 Å². The largest absolute Gasteiger partial charge is 0.493 e. The Morgan fingerprint density at radius 1 is 1.08 bits per heavy atom. The number of carbonyl (C=O) groups is 1. The van der Waals surface area contributed by atoms with Crippen molar-refractivity contribution in [2.24, 2.45) is 0 Å². The molecule has 0 bridgehead atoms. The van der Waals surface area contributed by atoms with Gasteiger partial charge in [-0.1, -0.05) is 6.92 Å². The van der Waals surface area contributed by atoms with Crippen LogP contribution >= 0.6 is 0 Å². The van der Waals surface area contributed by atoms with Crippen LogP contribution in [-0.4, -0.2) is 63.9 Å². The summed E-state index contributed by atoms with van der Waals surface area (Å²) in [6, 6.07) is 4.57. The maximum absolute atomic E-state index is 12.9. The highest BCUT2D eigenvalue weighted by molar-refractivity contribution is 7.89. The van der Waals surface area contributed by atoms with E-state index in [-0.39, 0.29) is 10.8 Å². The van der Waals surface area contributed by atoms with E-state index in [0.717, 1.165) is 6.42 Å². The van der Waals surface area contributed by atoms with Crippen molar-refractivity contribution in [2.45, 2.75) is 31.1 Å². The van der Waals surface area contributed by atoms with Gasteiger partial charge >= 0.3 is 0 Å². The first-order valence-electron chi connectivity index (χ1n) is 8.44. The van der Waals surface area contributed by atoms with Crippen LogP contribution in [0.5, 0.6) is 11.5 Å². The Bertz CT molecular complexity index is 705. The fourth-order valence-electron chi connectivity index (χ4n) is 2.88. The van der Waals surface area contributed by atoms with Gasteiger partial charge in [0.15, 0.2) is 11.5 Å². The first kappa shape index (κ1) is 19.5. The number of amides is 1. The van der Waals surface area contributed by atoms with Crippen LogP contribution in [0.4, 0.5) is 0 Å². The molecule has 7 nitrogen and oxygen atoms in total. The Morgan fingerprint density at radius 2 is 1.80 bits per heavy atom. The minimum Gasteiger partial charge on any atom is -0.493 e. The maximum atomic E-state index is 12.9. The molecule has 140 valence electrons. The SMILES string of the molecule is CCCC(=O)N1CCCN(S(=O)(=O)c2ccc(OC)c(OC)c2)CC1. The zero-order valence-corrected chi connectivity index (χ0v) is 15.8. The van der Waals surface area contributed by atoms with Gasteiger partial charge in [0.05, 0.1) is 19.1 Å². The highest BCUT2D eigenvalue weighted by Gasteiger charge is 2.28. The van der Waals surface area contributed by atoms with E-state index < -0.39 is 10.0 Å². The third-order valence-electron chi connectivity index (χ3n) is 4.26. The summed E-state index contributed by atoms with van der Waals surface area (Å²) in [6.07, 6.45) is 1.92. The molecule has 0 aromatic heterocycles. The second-order valence-electron chi connectivity index (χ2n) is 5.91. The number of methoxy groups -OCH3 is 2. The molecule has 1 amide bonds. The van der Waals surface area contributed by atoms with Crippen molar-refractivity contribution in [3.05, 3.63) is 18.2 Å². The number of rotatable bonds is 6. The lowest BCUT2D eigenvalue weighted by molar-refractivity contribution is -0.131. The predicted octanol–water partition coefficient (Wildman–Crippen LogP) is 1.73. The Labute approximate surface area is 149 Å². The lowest BCUT2D eigenvalue weighted by atomic mass is 10.3. The maximum Gasteiger partial charge on any atom is 0.243 e. The van der Waals surface area contributed by atoms with Gasteiger partial charge in [0, 0.05) is 38.7 Å². The molecule has 0 aliphatic carbocycles. The molecule has 8 heteroatoms. The van der Waals surface area contributed by atoms with Crippen molar-refractivity contribution in [1.29, 1.82) is 0 Å². The Hall–Kier alpha value is -1.80. The number of benzene rings is 1. The van der Waals surface area contributed by atoms with Gasteiger partial charge in [-0.3, -0.25) is 4.79 Å². The van der Waals surface area contributed by atoms with Crippen molar-refractivity contribution in [2.75, 3.05) is 40.4 Å². The zero-order valence-electron chi connectivity index (χ0n) is 15.0. The molecule has 0 N–H and O–H groups in total. The summed E-state index contributed by atoms with van der Waals surface area (Å²) < 4.78 is 37.7. The van der Waals surface area contributed by atoms with E-state index in [0.29, 0.717) is 50.5 Å². The van der Waals surface area contributed by atoms with Gasteiger partial charge in [-0.05, 0) is 25.0 Å². The Morgan fingerprint density at radius 3 is 2.44 bits per heavy atom. The van der Waals surface area contributed by atoms with Crippen molar-refractivity contribution < 1.29 is 22.7 Å². The fourth-order valence-corrected chi connectivity index (χ4v) is 4.37. The van der Waals surface area contributed by atoms with Crippen LogP contribution in [0.25, 0.3) is 0 Å². The van der Waals surface area contributed by atoms with Gasteiger partial charge in [-0.15, -0.1) is 0 Å². The van der Waals surface area contributed by atoms with E-state index in [1.165, 1.54) is 30.7 Å². The quantitative estimate of drug-likeness (QED) is 0.762. The summed E-state index contributed by atoms with van der Waals surface area (Å²) in [7, 11) is -0.672. The van der Waals surface area contributed by atoms with E-state index in [9.17, 15) is 13.2 Å². The zero-order chi connectivity index (χ0) is 18.4. The smallest absolute Gasteiger partial charge is 0.243 e. The van der Waals surface area contributed by atoms with Crippen molar-refractivity contribution in [1.82, 2.24) is 9.21 Å². The van der Waals surface area contributed by atoms with E-state index in [4.69, 9.17) is 9.47 Å². The summed E-state index contributed by atoms with van der Waals surface area (Å²) in [4.78, 5) is 14.0. The summed E-state index contributed by atoms with van der Waals surface area (Å²) in [6.45, 7) is 3.67. The third-order valence-corrected chi connectivity index (χ3v) is 6.16. The molecule has 1 aliphatic rings. The highest BCUT2D eigenvalue weighted by atomic mass is 32.2. The molecule has 0 atom stereocenters. The number of carbonyl (C=O) groups excluding carboxylic acids is 1. The Kier molecular flexibility index (Phi) is 6.66. The van der Waals surface area contributed by atoms with Crippen LogP contribution in [0.1, 0.15) is 26.2 Å². The molecule has 1 fully saturated rings. The molecule has 0 unspecified atom stereocenters. The van der Waals surface area contributed by atoms with E-state index in [1.807, 2.05) is 6.92 Å². The molecular weight excluding hydrogens is 344 g/mol. The standard InChI is InChI=1S/C17H26N2O5S/c1-4-6-17(20)18-9-5-10-19(12-11-18)25(21,22)14-7-8-15(23-2)16(13-14)24-3/h7-8,13H,4-6,9-12H2,1-3H3. The molecule has 0 saturated carbocycles. The highest BCUT2D eigenvalue weighted by Crippen LogP contribution is 2.30.